The second-order valence-corrected chi connectivity index (χ2v) is 9.70. The zero-order chi connectivity index (χ0) is 26.1. The molecule has 3 aliphatic rings. The molecule has 5 rings (SSSR count). The van der Waals surface area contributed by atoms with Gasteiger partial charge in [-0.25, -0.2) is 13.2 Å². The molecule has 4 heterocycles. The van der Waals surface area contributed by atoms with Crippen LogP contribution >= 0.6 is 0 Å². The third-order valence-corrected chi connectivity index (χ3v) is 7.67. The van der Waals surface area contributed by atoms with Crippen LogP contribution in [0, 0.1) is 11.6 Å². The van der Waals surface area contributed by atoms with Crippen LogP contribution in [0.2, 0.25) is 0 Å². The molecule has 2 amide bonds. The first-order valence-electron chi connectivity index (χ1n) is 11.6. The maximum absolute atomic E-state index is 16.2. The van der Waals surface area contributed by atoms with Gasteiger partial charge in [-0.2, -0.15) is 5.06 Å². The average Bonchev–Trinajstić information content (AvgIpc) is 2.97. The molecule has 36 heavy (non-hydrogen) atoms. The molecule has 0 saturated carbocycles. The third kappa shape index (κ3) is 3.42. The Balaban J connectivity index is 1.63. The number of fused-ring (bicyclic) bond motifs is 5. The van der Waals surface area contributed by atoms with Crippen molar-refractivity contribution < 1.29 is 32.7 Å². The molecule has 2 saturated heterocycles. The number of benzene rings is 1. The number of amides is 2. The highest BCUT2D eigenvalue weighted by molar-refractivity contribution is 5.99. The Hall–Kier alpha value is -3.38. The van der Waals surface area contributed by atoms with E-state index in [4.69, 9.17) is 10.6 Å². The van der Waals surface area contributed by atoms with E-state index in [1.54, 1.807) is 13.8 Å². The summed E-state index contributed by atoms with van der Waals surface area (Å²) < 4.78 is 45.2. The minimum atomic E-state index is -1.64. The van der Waals surface area contributed by atoms with Gasteiger partial charge < -0.3 is 20.3 Å². The van der Waals surface area contributed by atoms with Gasteiger partial charge >= 0.3 is 0 Å². The number of nitrogens with zero attached hydrogens (tertiary/aromatic N) is 3. The number of alkyl halides is 1. The molecule has 2 aromatic rings. The Kier molecular flexibility index (Phi) is 5.63. The first-order chi connectivity index (χ1) is 17.0. The molecule has 192 valence electrons. The molecule has 2 fully saturated rings. The number of hydrogen-bond donors (Lipinski definition) is 2. The minimum absolute atomic E-state index is 0.0145. The fourth-order valence-corrected chi connectivity index (χ4v) is 5.60. The van der Waals surface area contributed by atoms with E-state index < -0.39 is 64.0 Å². The quantitative estimate of drug-likeness (QED) is 0.658. The van der Waals surface area contributed by atoms with Crippen LogP contribution in [0.3, 0.4) is 0 Å². The normalized spacial score (nSPS) is 29.9. The first kappa shape index (κ1) is 24.3. The van der Waals surface area contributed by atoms with E-state index >= 15 is 4.39 Å². The van der Waals surface area contributed by atoms with Crippen molar-refractivity contribution in [2.75, 3.05) is 6.54 Å². The summed E-state index contributed by atoms with van der Waals surface area (Å²) in [6, 6.07) is 0.916. The van der Waals surface area contributed by atoms with Crippen LogP contribution in [-0.2, 0) is 11.4 Å². The van der Waals surface area contributed by atoms with Gasteiger partial charge in [-0.1, -0.05) is 6.07 Å². The maximum Gasteiger partial charge on any atom is 0.274 e. The largest absolute Gasteiger partial charge is 0.503 e. The number of hydrogen-bond acceptors (Lipinski definition) is 6. The summed E-state index contributed by atoms with van der Waals surface area (Å²) in [5.74, 6) is -4.23. The number of hydroxylamine groups is 2. The number of pyridine rings is 1. The van der Waals surface area contributed by atoms with Gasteiger partial charge in [0.15, 0.2) is 17.6 Å². The predicted octanol–water partition coefficient (Wildman–Crippen LogP) is 2.02. The van der Waals surface area contributed by atoms with Crippen molar-refractivity contribution in [1.82, 2.24) is 14.5 Å². The fourth-order valence-electron chi connectivity index (χ4n) is 5.60. The first-order valence-corrected chi connectivity index (χ1v) is 11.6. The van der Waals surface area contributed by atoms with Gasteiger partial charge in [0.2, 0.25) is 5.43 Å². The Morgan fingerprint density at radius 2 is 2.00 bits per heavy atom. The van der Waals surface area contributed by atoms with Crippen molar-refractivity contribution in [3.05, 3.63) is 63.1 Å². The van der Waals surface area contributed by atoms with E-state index in [0.717, 1.165) is 18.3 Å². The lowest BCUT2D eigenvalue weighted by Gasteiger charge is -2.43. The van der Waals surface area contributed by atoms with Gasteiger partial charge in [0.1, 0.15) is 22.8 Å². The number of primary amides is 1. The van der Waals surface area contributed by atoms with Crippen LogP contribution in [0.1, 0.15) is 59.1 Å². The summed E-state index contributed by atoms with van der Waals surface area (Å²) in [4.78, 5) is 45.4. The topological polar surface area (TPSA) is 118 Å². The van der Waals surface area contributed by atoms with Gasteiger partial charge in [-0.15, -0.1) is 0 Å². The predicted molar refractivity (Wildman–Crippen MR) is 120 cm³/mol. The number of carbonyl (C=O) groups is 2. The lowest BCUT2D eigenvalue weighted by molar-refractivity contribution is -0.230. The van der Waals surface area contributed by atoms with Crippen LogP contribution in [0.4, 0.5) is 13.2 Å². The molecule has 9 nitrogen and oxygen atoms in total. The number of aromatic nitrogens is 1. The van der Waals surface area contributed by atoms with E-state index in [2.05, 4.69) is 0 Å². The van der Waals surface area contributed by atoms with E-state index in [-0.39, 0.29) is 36.8 Å². The van der Waals surface area contributed by atoms with Crippen LogP contribution < -0.4 is 11.2 Å². The zero-order valence-corrected chi connectivity index (χ0v) is 19.6. The molecule has 1 spiro atoms. The Labute approximate surface area is 203 Å². The molecule has 5 atom stereocenters. The summed E-state index contributed by atoms with van der Waals surface area (Å²) in [5, 5.41) is 11.9. The van der Waals surface area contributed by atoms with Crippen molar-refractivity contribution in [2.24, 2.45) is 5.73 Å². The van der Waals surface area contributed by atoms with Crippen molar-refractivity contribution in [3.63, 3.8) is 0 Å². The Morgan fingerprint density at radius 3 is 2.67 bits per heavy atom. The van der Waals surface area contributed by atoms with Gasteiger partial charge in [0.25, 0.3) is 11.8 Å². The molecule has 12 heteroatoms. The number of halogens is 3. The monoisotopic (exact) mass is 506 g/mol. The number of aromatic hydroxyl groups is 1. The Bertz CT molecular complexity index is 1330. The van der Waals surface area contributed by atoms with Gasteiger partial charge in [-0.05, 0) is 32.8 Å². The molecule has 1 aromatic carbocycles. The fraction of sp³-hybridized carbons (Fsp3) is 0.458. The summed E-state index contributed by atoms with van der Waals surface area (Å²) in [7, 11) is 0. The third-order valence-electron chi connectivity index (χ3n) is 7.67. The minimum Gasteiger partial charge on any atom is -0.503 e. The smallest absolute Gasteiger partial charge is 0.274 e. The lowest BCUT2D eigenvalue weighted by Crippen LogP contribution is -2.55. The average molecular weight is 506 g/mol. The highest BCUT2D eigenvalue weighted by Crippen LogP contribution is 2.50. The van der Waals surface area contributed by atoms with E-state index in [9.17, 15) is 28.3 Å². The van der Waals surface area contributed by atoms with Gasteiger partial charge in [0.05, 0.1) is 18.6 Å². The highest BCUT2D eigenvalue weighted by Gasteiger charge is 2.61. The number of nitrogens with two attached hydrogens (primary N) is 1. The number of carbonyl (C=O) groups excluding carboxylic acids is 2. The molecule has 3 aliphatic heterocycles. The summed E-state index contributed by atoms with van der Waals surface area (Å²) in [6.07, 6.45) is -0.0799. The van der Waals surface area contributed by atoms with Crippen LogP contribution in [0.5, 0.6) is 5.75 Å². The van der Waals surface area contributed by atoms with Crippen molar-refractivity contribution in [2.45, 2.75) is 63.1 Å². The van der Waals surface area contributed by atoms with Crippen molar-refractivity contribution in [1.29, 1.82) is 0 Å². The van der Waals surface area contributed by atoms with Gasteiger partial charge in [-0.3, -0.25) is 19.2 Å². The second-order valence-electron chi connectivity index (χ2n) is 9.70. The summed E-state index contributed by atoms with van der Waals surface area (Å²) in [5.41, 5.74) is 1.84. The molecular formula is C24H25F3N4O5. The second kappa shape index (κ2) is 8.34. The van der Waals surface area contributed by atoms with Crippen LogP contribution in [-0.4, -0.2) is 61.9 Å². The SMILES string of the molecule is CC1C(F)[C@@]2(CC[C@H](C)N3C[C@H]2n2cc(C(N)=O)c(=O)c(O)c2C3=O)ON1Cc1ccc(F)cc1F. The van der Waals surface area contributed by atoms with Crippen LogP contribution in [0.15, 0.2) is 29.2 Å². The molecule has 0 radical (unpaired) electrons. The highest BCUT2D eigenvalue weighted by atomic mass is 19.1. The molecule has 2 unspecified atom stereocenters. The van der Waals surface area contributed by atoms with E-state index in [1.807, 2.05) is 0 Å². The van der Waals surface area contributed by atoms with E-state index in [1.165, 1.54) is 20.6 Å². The van der Waals surface area contributed by atoms with Crippen molar-refractivity contribution in [3.8, 4) is 5.75 Å². The Morgan fingerprint density at radius 1 is 1.28 bits per heavy atom. The summed E-state index contributed by atoms with van der Waals surface area (Å²) >= 11 is 0. The zero-order valence-electron chi connectivity index (χ0n) is 19.6. The molecule has 0 aliphatic carbocycles. The molecule has 2 bridgehead atoms. The molecular weight excluding hydrogens is 481 g/mol. The van der Waals surface area contributed by atoms with Crippen LogP contribution in [0.25, 0.3) is 0 Å². The lowest BCUT2D eigenvalue weighted by atomic mass is 9.82. The maximum atomic E-state index is 16.2. The van der Waals surface area contributed by atoms with E-state index in [0.29, 0.717) is 6.42 Å². The summed E-state index contributed by atoms with van der Waals surface area (Å²) in [6.45, 7) is 3.15. The van der Waals surface area contributed by atoms with Crippen molar-refractivity contribution >= 4 is 11.8 Å². The molecule has 3 N–H and O–H groups in total. The van der Waals surface area contributed by atoms with Gasteiger partial charge in [0, 0.05) is 30.4 Å². The standard InChI is InChI=1S/C24H25F3N4O5/c1-11-5-6-24(21(27)12(2)31(36-24)8-13-3-4-14(25)7-16(13)26)17-10-29(11)23(35)18-20(33)19(32)15(22(28)34)9-30(17)18/h3-4,7,9,11-12,17,21,33H,5-6,8,10H2,1-2H3,(H2,28,34)/t11-,12?,17+,21?,24-/m0/s1. The number of rotatable bonds is 3. The molecule has 1 aromatic heterocycles.